The third-order valence-electron chi connectivity index (χ3n) is 4.93. The average Bonchev–Trinajstić information content (AvgIpc) is 2.60. The lowest BCUT2D eigenvalue weighted by molar-refractivity contribution is -0.384. The number of nitrogens with one attached hydrogen (secondary N) is 1. The van der Waals surface area contributed by atoms with Crippen LogP contribution in [0.1, 0.15) is 50.4 Å². The van der Waals surface area contributed by atoms with Crippen LogP contribution in [0.25, 0.3) is 0 Å². The van der Waals surface area contributed by atoms with E-state index >= 15 is 0 Å². The number of rotatable bonds is 7. The smallest absolute Gasteiger partial charge is 0.293 e. The van der Waals surface area contributed by atoms with Gasteiger partial charge in [0.1, 0.15) is 5.69 Å². The van der Waals surface area contributed by atoms with E-state index in [1.165, 1.54) is 6.07 Å². The Hall–Kier alpha value is -2.15. The summed E-state index contributed by atoms with van der Waals surface area (Å²) in [7, 11) is 0. The SMILES string of the molecule is CC(C)CC(CN)NC(=O)c1ccc(N2CCC(C)CC2)c([N+](=O)[O-])c1. The molecule has 0 saturated carbocycles. The van der Waals surface area contributed by atoms with Crippen LogP contribution in [0.3, 0.4) is 0 Å². The van der Waals surface area contributed by atoms with Crippen molar-refractivity contribution in [2.24, 2.45) is 17.6 Å². The Morgan fingerprint density at radius 1 is 1.38 bits per heavy atom. The number of nitro groups is 1. The third kappa shape index (κ3) is 5.17. The van der Waals surface area contributed by atoms with Crippen molar-refractivity contribution >= 4 is 17.3 Å². The summed E-state index contributed by atoms with van der Waals surface area (Å²) >= 11 is 0. The first kappa shape index (κ1) is 20.2. The standard InChI is InChI=1S/C19H30N4O3/c1-13(2)10-16(12-20)21-19(24)15-4-5-17(18(11-15)23(25)26)22-8-6-14(3)7-9-22/h4-5,11,13-14,16H,6-10,12,20H2,1-3H3,(H,21,24). The van der Waals surface area contributed by atoms with E-state index in [1.807, 2.05) is 4.90 Å². The Labute approximate surface area is 155 Å². The van der Waals surface area contributed by atoms with Crippen LogP contribution in [0, 0.1) is 22.0 Å². The van der Waals surface area contributed by atoms with Crippen molar-refractivity contribution < 1.29 is 9.72 Å². The van der Waals surface area contributed by atoms with Gasteiger partial charge in [0, 0.05) is 37.3 Å². The Bertz CT molecular complexity index is 640. The number of nitro benzene ring substituents is 1. The molecule has 2 rings (SSSR count). The number of benzene rings is 1. The van der Waals surface area contributed by atoms with E-state index in [-0.39, 0.29) is 17.6 Å². The van der Waals surface area contributed by atoms with Crippen LogP contribution in [-0.4, -0.2) is 36.5 Å². The number of piperidine rings is 1. The fraction of sp³-hybridized carbons (Fsp3) is 0.632. The molecule has 1 aliphatic heterocycles. The van der Waals surface area contributed by atoms with Gasteiger partial charge in [-0.05, 0) is 43.2 Å². The molecule has 0 radical (unpaired) electrons. The van der Waals surface area contributed by atoms with Crippen molar-refractivity contribution in [2.45, 2.75) is 46.1 Å². The van der Waals surface area contributed by atoms with Gasteiger partial charge >= 0.3 is 0 Å². The zero-order valence-corrected chi connectivity index (χ0v) is 15.9. The summed E-state index contributed by atoms with van der Waals surface area (Å²) in [5.74, 6) is 0.731. The molecule has 1 atom stereocenters. The van der Waals surface area contributed by atoms with E-state index in [9.17, 15) is 14.9 Å². The van der Waals surface area contributed by atoms with E-state index in [0.29, 0.717) is 29.6 Å². The molecule has 1 aliphatic rings. The average molecular weight is 362 g/mol. The number of amides is 1. The molecule has 0 aliphatic carbocycles. The molecule has 1 aromatic carbocycles. The molecule has 7 heteroatoms. The first-order chi connectivity index (χ1) is 12.3. The fourth-order valence-corrected chi connectivity index (χ4v) is 3.38. The molecule has 1 heterocycles. The lowest BCUT2D eigenvalue weighted by Crippen LogP contribution is -2.41. The topological polar surface area (TPSA) is 102 Å². The highest BCUT2D eigenvalue weighted by molar-refractivity contribution is 5.96. The van der Waals surface area contributed by atoms with Crippen LogP contribution in [-0.2, 0) is 0 Å². The molecule has 1 saturated heterocycles. The van der Waals surface area contributed by atoms with Crippen LogP contribution in [0.4, 0.5) is 11.4 Å². The van der Waals surface area contributed by atoms with Crippen LogP contribution in [0.2, 0.25) is 0 Å². The fourth-order valence-electron chi connectivity index (χ4n) is 3.38. The van der Waals surface area contributed by atoms with E-state index in [1.54, 1.807) is 12.1 Å². The van der Waals surface area contributed by atoms with Crippen molar-refractivity contribution in [3.05, 3.63) is 33.9 Å². The van der Waals surface area contributed by atoms with Crippen LogP contribution >= 0.6 is 0 Å². The molecule has 26 heavy (non-hydrogen) atoms. The summed E-state index contributed by atoms with van der Waals surface area (Å²) in [6, 6.07) is 4.61. The summed E-state index contributed by atoms with van der Waals surface area (Å²) in [5, 5.41) is 14.4. The summed E-state index contributed by atoms with van der Waals surface area (Å²) < 4.78 is 0. The minimum atomic E-state index is -0.404. The quantitative estimate of drug-likeness (QED) is 0.573. The van der Waals surface area contributed by atoms with Gasteiger partial charge in [-0.3, -0.25) is 14.9 Å². The maximum absolute atomic E-state index is 12.5. The van der Waals surface area contributed by atoms with Gasteiger partial charge in [-0.2, -0.15) is 0 Å². The lowest BCUT2D eigenvalue weighted by atomic mass is 9.98. The highest BCUT2D eigenvalue weighted by atomic mass is 16.6. The van der Waals surface area contributed by atoms with E-state index in [4.69, 9.17) is 5.73 Å². The number of nitrogens with two attached hydrogens (primary N) is 1. The molecule has 3 N–H and O–H groups in total. The number of hydrogen-bond donors (Lipinski definition) is 2. The highest BCUT2D eigenvalue weighted by Crippen LogP contribution is 2.32. The van der Waals surface area contributed by atoms with Gasteiger partial charge in [-0.25, -0.2) is 0 Å². The molecule has 1 aromatic rings. The molecular weight excluding hydrogens is 332 g/mol. The molecule has 0 spiro atoms. The number of nitrogens with zero attached hydrogens (tertiary/aromatic N) is 2. The summed E-state index contributed by atoms with van der Waals surface area (Å²) in [6.45, 7) is 8.27. The van der Waals surface area contributed by atoms with Gasteiger partial charge < -0.3 is 16.0 Å². The van der Waals surface area contributed by atoms with Gasteiger partial charge in [-0.1, -0.05) is 20.8 Å². The zero-order chi connectivity index (χ0) is 19.3. The molecule has 144 valence electrons. The minimum Gasteiger partial charge on any atom is -0.366 e. The van der Waals surface area contributed by atoms with Gasteiger partial charge in [0.2, 0.25) is 0 Å². The van der Waals surface area contributed by atoms with Crippen molar-refractivity contribution in [3.63, 3.8) is 0 Å². The van der Waals surface area contributed by atoms with Gasteiger partial charge in [0.25, 0.3) is 11.6 Å². The Morgan fingerprint density at radius 3 is 2.58 bits per heavy atom. The number of carbonyl (C=O) groups excluding carboxylic acids is 1. The van der Waals surface area contributed by atoms with Gasteiger partial charge in [-0.15, -0.1) is 0 Å². The first-order valence-electron chi connectivity index (χ1n) is 9.36. The Morgan fingerprint density at radius 2 is 2.04 bits per heavy atom. The molecule has 1 amide bonds. The maximum Gasteiger partial charge on any atom is 0.293 e. The Balaban J connectivity index is 2.19. The van der Waals surface area contributed by atoms with Gasteiger partial charge in [0.15, 0.2) is 0 Å². The molecule has 0 aromatic heterocycles. The second-order valence-corrected chi connectivity index (χ2v) is 7.67. The molecule has 7 nitrogen and oxygen atoms in total. The van der Waals surface area contributed by atoms with Crippen LogP contribution in [0.15, 0.2) is 18.2 Å². The minimum absolute atomic E-state index is 0.0136. The van der Waals surface area contributed by atoms with Crippen molar-refractivity contribution in [3.8, 4) is 0 Å². The monoisotopic (exact) mass is 362 g/mol. The number of carbonyl (C=O) groups is 1. The number of hydrogen-bond acceptors (Lipinski definition) is 5. The maximum atomic E-state index is 12.5. The molecule has 0 bridgehead atoms. The van der Waals surface area contributed by atoms with Crippen LogP contribution < -0.4 is 16.0 Å². The molecular formula is C19H30N4O3. The lowest BCUT2D eigenvalue weighted by Gasteiger charge is -2.31. The second-order valence-electron chi connectivity index (χ2n) is 7.67. The van der Waals surface area contributed by atoms with E-state index in [0.717, 1.165) is 32.4 Å². The van der Waals surface area contributed by atoms with Gasteiger partial charge in [0.05, 0.1) is 4.92 Å². The van der Waals surface area contributed by atoms with Crippen molar-refractivity contribution in [1.82, 2.24) is 5.32 Å². The van der Waals surface area contributed by atoms with E-state index in [2.05, 4.69) is 26.1 Å². The molecule has 1 fully saturated rings. The number of anilines is 1. The second kappa shape index (κ2) is 8.98. The van der Waals surface area contributed by atoms with E-state index < -0.39 is 4.92 Å². The normalized spacial score (nSPS) is 16.6. The summed E-state index contributed by atoms with van der Waals surface area (Å²) in [4.78, 5) is 25.7. The summed E-state index contributed by atoms with van der Waals surface area (Å²) in [6.07, 6.45) is 2.81. The van der Waals surface area contributed by atoms with Crippen molar-refractivity contribution in [2.75, 3.05) is 24.5 Å². The zero-order valence-electron chi connectivity index (χ0n) is 15.9. The largest absolute Gasteiger partial charge is 0.366 e. The predicted molar refractivity (Wildman–Crippen MR) is 103 cm³/mol. The third-order valence-corrected chi connectivity index (χ3v) is 4.93. The van der Waals surface area contributed by atoms with Crippen LogP contribution in [0.5, 0.6) is 0 Å². The highest BCUT2D eigenvalue weighted by Gasteiger charge is 2.25. The summed E-state index contributed by atoms with van der Waals surface area (Å²) in [5.41, 5.74) is 6.61. The predicted octanol–water partition coefficient (Wildman–Crippen LogP) is 2.93. The Kier molecular flexibility index (Phi) is 6.97. The van der Waals surface area contributed by atoms with Crippen molar-refractivity contribution in [1.29, 1.82) is 0 Å². The first-order valence-corrected chi connectivity index (χ1v) is 9.36. The molecule has 1 unspecified atom stereocenters.